The molecule has 0 aliphatic carbocycles. The van der Waals surface area contributed by atoms with Crippen molar-refractivity contribution in [3.63, 3.8) is 0 Å². The van der Waals surface area contributed by atoms with E-state index < -0.39 is 0 Å². The van der Waals surface area contributed by atoms with Crippen LogP contribution in [0, 0.1) is 0 Å². The summed E-state index contributed by atoms with van der Waals surface area (Å²) in [5.41, 5.74) is 1.88. The molecule has 2 aromatic carbocycles. The minimum absolute atomic E-state index is 0.0454. The van der Waals surface area contributed by atoms with Crippen LogP contribution >= 0.6 is 39.0 Å². The average molecular weight is 453 g/mol. The second kappa shape index (κ2) is 8.75. The molecular formula is C18H17BrN2O3S2. The predicted molar refractivity (Wildman–Crippen MR) is 109 cm³/mol. The van der Waals surface area contributed by atoms with E-state index in [4.69, 9.17) is 9.47 Å². The second-order valence-electron chi connectivity index (χ2n) is 5.31. The highest BCUT2D eigenvalue weighted by Gasteiger charge is 2.12. The number of halogens is 1. The Morgan fingerprint density at radius 1 is 1.23 bits per heavy atom. The SMILES string of the molecule is COc1cc(Br)c(CNC(=O)CSc2nc3ccccc3s2)cc1OC. The molecule has 0 fully saturated rings. The normalized spacial score (nSPS) is 10.7. The van der Waals surface area contributed by atoms with Crippen molar-refractivity contribution in [1.29, 1.82) is 0 Å². The Morgan fingerprint density at radius 3 is 2.69 bits per heavy atom. The summed E-state index contributed by atoms with van der Waals surface area (Å²) in [5, 5.41) is 2.92. The molecule has 0 aliphatic heterocycles. The number of thiazole rings is 1. The van der Waals surface area contributed by atoms with Crippen molar-refractivity contribution >= 4 is 55.2 Å². The van der Waals surface area contributed by atoms with Gasteiger partial charge in [0.1, 0.15) is 0 Å². The van der Waals surface area contributed by atoms with Crippen molar-refractivity contribution in [3.05, 3.63) is 46.4 Å². The molecule has 0 bridgehead atoms. The van der Waals surface area contributed by atoms with Crippen molar-refractivity contribution in [3.8, 4) is 11.5 Å². The standard InChI is InChI=1S/C18H17BrN2O3S2/c1-23-14-7-11(12(19)8-15(14)24-2)9-20-17(22)10-25-18-21-13-5-3-4-6-16(13)26-18/h3-8H,9-10H2,1-2H3,(H,20,22). The number of nitrogens with zero attached hydrogens (tertiary/aromatic N) is 1. The molecule has 8 heteroatoms. The fraction of sp³-hybridized carbons (Fsp3) is 0.222. The lowest BCUT2D eigenvalue weighted by atomic mass is 10.2. The topological polar surface area (TPSA) is 60.5 Å². The zero-order chi connectivity index (χ0) is 18.5. The van der Waals surface area contributed by atoms with Gasteiger partial charge in [-0.2, -0.15) is 0 Å². The number of hydrogen-bond acceptors (Lipinski definition) is 6. The minimum atomic E-state index is -0.0454. The molecule has 5 nitrogen and oxygen atoms in total. The largest absolute Gasteiger partial charge is 0.493 e. The van der Waals surface area contributed by atoms with E-state index in [0.29, 0.717) is 23.8 Å². The van der Waals surface area contributed by atoms with Crippen molar-refractivity contribution in [2.24, 2.45) is 0 Å². The molecule has 136 valence electrons. The summed E-state index contributed by atoms with van der Waals surface area (Å²) in [6.45, 7) is 0.403. The number of hydrogen-bond donors (Lipinski definition) is 1. The van der Waals surface area contributed by atoms with Crippen LogP contribution in [0.15, 0.2) is 45.2 Å². The van der Waals surface area contributed by atoms with Crippen LogP contribution in [0.5, 0.6) is 11.5 Å². The molecule has 1 N–H and O–H groups in total. The third kappa shape index (κ3) is 4.49. The fourth-order valence-electron chi connectivity index (χ4n) is 2.32. The van der Waals surface area contributed by atoms with E-state index in [1.807, 2.05) is 36.4 Å². The maximum Gasteiger partial charge on any atom is 0.230 e. The number of fused-ring (bicyclic) bond motifs is 1. The van der Waals surface area contributed by atoms with Crippen LogP contribution in [-0.2, 0) is 11.3 Å². The lowest BCUT2D eigenvalue weighted by Crippen LogP contribution is -2.24. The van der Waals surface area contributed by atoms with E-state index in [1.54, 1.807) is 25.6 Å². The number of thioether (sulfide) groups is 1. The molecule has 0 radical (unpaired) electrons. The zero-order valence-corrected chi connectivity index (χ0v) is 17.5. The first kappa shape index (κ1) is 19.0. The maximum atomic E-state index is 12.2. The molecule has 1 aromatic heterocycles. The van der Waals surface area contributed by atoms with Crippen molar-refractivity contribution < 1.29 is 14.3 Å². The number of carbonyl (C=O) groups is 1. The Balaban J connectivity index is 1.57. The van der Waals surface area contributed by atoms with Gasteiger partial charge in [0, 0.05) is 11.0 Å². The predicted octanol–water partition coefficient (Wildman–Crippen LogP) is 4.48. The lowest BCUT2D eigenvalue weighted by molar-refractivity contribution is -0.118. The van der Waals surface area contributed by atoms with E-state index in [1.165, 1.54) is 11.8 Å². The van der Waals surface area contributed by atoms with Gasteiger partial charge < -0.3 is 14.8 Å². The number of ether oxygens (including phenoxy) is 2. The van der Waals surface area contributed by atoms with Gasteiger partial charge in [0.2, 0.25) is 5.91 Å². The number of methoxy groups -OCH3 is 2. The molecule has 0 saturated carbocycles. The molecule has 26 heavy (non-hydrogen) atoms. The molecule has 0 spiro atoms. The molecule has 1 heterocycles. The first-order valence-electron chi connectivity index (χ1n) is 7.76. The number of benzene rings is 2. The van der Waals surface area contributed by atoms with Crippen LogP contribution < -0.4 is 14.8 Å². The number of carbonyl (C=O) groups excluding carboxylic acids is 1. The van der Waals surface area contributed by atoms with Crippen molar-refractivity contribution in [1.82, 2.24) is 10.3 Å². The van der Waals surface area contributed by atoms with Gasteiger partial charge in [0.25, 0.3) is 0 Å². The van der Waals surface area contributed by atoms with Crippen LogP contribution in [0.25, 0.3) is 10.2 Å². The maximum absolute atomic E-state index is 12.2. The summed E-state index contributed by atoms with van der Waals surface area (Å²) in [6.07, 6.45) is 0. The van der Waals surface area contributed by atoms with Gasteiger partial charge in [-0.05, 0) is 29.8 Å². The summed E-state index contributed by atoms with van der Waals surface area (Å²) in [7, 11) is 3.17. The summed E-state index contributed by atoms with van der Waals surface area (Å²) >= 11 is 6.54. The first-order chi connectivity index (χ1) is 12.6. The van der Waals surface area contributed by atoms with Gasteiger partial charge in [-0.25, -0.2) is 4.98 Å². The van der Waals surface area contributed by atoms with Gasteiger partial charge in [-0.3, -0.25) is 4.79 Å². The molecule has 1 amide bonds. The second-order valence-corrected chi connectivity index (χ2v) is 8.42. The van der Waals surface area contributed by atoms with Crippen LogP contribution in [0.2, 0.25) is 0 Å². The Bertz CT molecular complexity index is 897. The van der Waals surface area contributed by atoms with Crippen LogP contribution in [0.1, 0.15) is 5.56 Å². The third-order valence-corrected chi connectivity index (χ3v) is 6.55. The summed E-state index contributed by atoms with van der Waals surface area (Å²) in [4.78, 5) is 16.7. The highest BCUT2D eigenvalue weighted by molar-refractivity contribution is 9.10. The summed E-state index contributed by atoms with van der Waals surface area (Å²) in [5.74, 6) is 1.55. The summed E-state index contributed by atoms with van der Waals surface area (Å²) < 4.78 is 13.4. The Hall–Kier alpha value is -1.77. The highest BCUT2D eigenvalue weighted by atomic mass is 79.9. The molecule has 0 unspecified atom stereocenters. The van der Waals surface area contributed by atoms with Crippen molar-refractivity contribution in [2.75, 3.05) is 20.0 Å². The lowest BCUT2D eigenvalue weighted by Gasteiger charge is -2.12. The molecule has 0 aliphatic rings. The minimum Gasteiger partial charge on any atom is -0.493 e. The molecule has 0 saturated heterocycles. The number of amides is 1. The molecular weight excluding hydrogens is 436 g/mol. The van der Waals surface area contributed by atoms with Gasteiger partial charge in [-0.15, -0.1) is 11.3 Å². The number of para-hydroxylation sites is 1. The van der Waals surface area contributed by atoms with Crippen LogP contribution in [0.4, 0.5) is 0 Å². The van der Waals surface area contributed by atoms with Gasteiger partial charge in [-0.1, -0.05) is 39.8 Å². The van der Waals surface area contributed by atoms with E-state index in [9.17, 15) is 4.79 Å². The molecule has 3 aromatic rings. The number of nitrogens with one attached hydrogen (secondary N) is 1. The van der Waals surface area contributed by atoms with E-state index in [2.05, 4.69) is 26.2 Å². The van der Waals surface area contributed by atoms with Crippen LogP contribution in [-0.4, -0.2) is 30.9 Å². The highest BCUT2D eigenvalue weighted by Crippen LogP contribution is 2.33. The third-order valence-electron chi connectivity index (χ3n) is 3.63. The van der Waals surface area contributed by atoms with Gasteiger partial charge in [0.05, 0.1) is 30.2 Å². The monoisotopic (exact) mass is 452 g/mol. The molecule has 0 atom stereocenters. The van der Waals surface area contributed by atoms with Gasteiger partial charge in [0.15, 0.2) is 15.8 Å². The quantitative estimate of drug-likeness (QED) is 0.535. The summed E-state index contributed by atoms with van der Waals surface area (Å²) in [6, 6.07) is 11.6. The van der Waals surface area contributed by atoms with E-state index >= 15 is 0 Å². The number of aromatic nitrogens is 1. The van der Waals surface area contributed by atoms with Gasteiger partial charge >= 0.3 is 0 Å². The Kier molecular flexibility index (Phi) is 6.39. The number of rotatable bonds is 7. The van der Waals surface area contributed by atoms with E-state index in [-0.39, 0.29) is 5.91 Å². The fourth-order valence-corrected chi connectivity index (χ4v) is 4.68. The Labute approximate surface area is 168 Å². The van der Waals surface area contributed by atoms with Crippen LogP contribution in [0.3, 0.4) is 0 Å². The Morgan fingerprint density at radius 2 is 1.96 bits per heavy atom. The zero-order valence-electron chi connectivity index (χ0n) is 14.2. The first-order valence-corrected chi connectivity index (χ1v) is 10.4. The smallest absolute Gasteiger partial charge is 0.230 e. The van der Waals surface area contributed by atoms with Crippen molar-refractivity contribution in [2.45, 2.75) is 10.9 Å². The average Bonchev–Trinajstić information content (AvgIpc) is 3.08. The van der Waals surface area contributed by atoms with E-state index in [0.717, 1.165) is 24.6 Å². The molecule has 3 rings (SSSR count).